The summed E-state index contributed by atoms with van der Waals surface area (Å²) in [5, 5.41) is 27.5. The number of furan rings is 2. The molecular weight excluding hydrogens is 957 g/mol. The van der Waals surface area contributed by atoms with E-state index in [1.54, 1.807) is 12.1 Å². The van der Waals surface area contributed by atoms with Gasteiger partial charge in [0.25, 0.3) is 0 Å². The number of rotatable bonds is 11. The maximum atomic E-state index is 11.0. The molecule has 6 heteroatoms. The topological polar surface area (TPSA) is 74.7 Å². The van der Waals surface area contributed by atoms with Crippen LogP contribution in [0.4, 0.5) is 11.4 Å². The van der Waals surface area contributed by atoms with Crippen LogP contribution < -0.4 is 4.58 Å². The smallest absolute Gasteiger partial charge is 0.226 e. The van der Waals surface area contributed by atoms with Gasteiger partial charge in [0, 0.05) is 62.5 Å². The van der Waals surface area contributed by atoms with E-state index in [4.69, 9.17) is 8.83 Å². The first-order valence-corrected chi connectivity index (χ1v) is 26.1. The normalized spacial score (nSPS) is 13.1. The Morgan fingerprint density at radius 3 is 2.01 bits per heavy atom. The third-order valence-corrected chi connectivity index (χ3v) is 15.2. The molecule has 4 heterocycles. The van der Waals surface area contributed by atoms with Crippen LogP contribution in [0.5, 0.6) is 5.75 Å². The Bertz CT molecular complexity index is 4770. The van der Waals surface area contributed by atoms with E-state index >= 15 is 0 Å². The third-order valence-electron chi connectivity index (χ3n) is 15.2. The van der Waals surface area contributed by atoms with Crippen LogP contribution in [-0.4, -0.2) is 20.5 Å². The number of hydrogen-bond acceptors (Lipinski definition) is 4. The van der Waals surface area contributed by atoms with Crippen LogP contribution in [0.2, 0.25) is 0 Å². The van der Waals surface area contributed by atoms with Crippen LogP contribution >= 0.6 is 0 Å². The number of fused-ring (bicyclic) bond motifs is 11. The molecule has 0 unspecified atom stereocenters. The summed E-state index contributed by atoms with van der Waals surface area (Å²) >= 11 is 0. The van der Waals surface area contributed by atoms with Gasteiger partial charge in [-0.05, 0) is 142 Å². The van der Waals surface area contributed by atoms with Crippen LogP contribution in [-0.2, 0) is 0 Å². The quantitative estimate of drug-likeness (QED) is 0.0769. The fraction of sp³-hybridized carbons (Fsp3) is 0.0139. The number of aliphatic hydroxyl groups excluding tert-OH is 1. The molecule has 1 aliphatic heterocycles. The highest BCUT2D eigenvalue weighted by Crippen LogP contribution is 2.44. The van der Waals surface area contributed by atoms with Gasteiger partial charge in [-0.1, -0.05) is 146 Å². The Morgan fingerprint density at radius 2 is 1.18 bits per heavy atom. The van der Waals surface area contributed by atoms with Gasteiger partial charge in [-0.2, -0.15) is 4.58 Å². The second-order valence-corrected chi connectivity index (χ2v) is 19.8. The van der Waals surface area contributed by atoms with E-state index < -0.39 is 0 Å². The van der Waals surface area contributed by atoms with Gasteiger partial charge in [-0.3, -0.25) is 0 Å². The Balaban J connectivity index is 0.894. The molecule has 0 saturated carbocycles. The summed E-state index contributed by atoms with van der Waals surface area (Å²) in [6, 6.07) is 75.2. The van der Waals surface area contributed by atoms with Crippen LogP contribution in [0.25, 0.3) is 116 Å². The minimum Gasteiger partial charge on any atom is -0.516 e. The minimum absolute atomic E-state index is 0.246. The summed E-state index contributed by atoms with van der Waals surface area (Å²) in [7, 11) is 0. The molecule has 2 N–H and O–H groups in total. The molecule has 0 bridgehead atoms. The molecule has 0 fully saturated rings. The van der Waals surface area contributed by atoms with Crippen LogP contribution in [0.15, 0.2) is 270 Å². The summed E-state index contributed by atoms with van der Waals surface area (Å²) in [5.41, 5.74) is 20.3. The SMILES string of the molecule is C=C(/C=C(\C=C/O)n1c2ccccc2c2c3oc4ccc(-c5cccc([N+]6=C(/C=C(\C=C/C)c7ccc8oc9ccccc9c8c7)c7cc(-c8ccc(O)c(-c9ccccc9)c8)ccc76)c5)cc4c3ccc21)c1ccccc1. The van der Waals surface area contributed by atoms with Crippen molar-refractivity contribution in [1.29, 1.82) is 0 Å². The molecule has 14 rings (SSSR count). The molecule has 3 aromatic heterocycles. The molecule has 0 aliphatic carbocycles. The summed E-state index contributed by atoms with van der Waals surface area (Å²) in [4.78, 5) is 0. The number of aromatic hydroxyl groups is 1. The molecule has 10 aromatic carbocycles. The minimum atomic E-state index is 0.246. The van der Waals surface area contributed by atoms with Crippen LogP contribution in [0.3, 0.4) is 0 Å². The number of nitrogens with zero attached hydrogens (tertiary/aromatic N) is 2. The van der Waals surface area contributed by atoms with Crippen molar-refractivity contribution in [1.82, 2.24) is 9.14 Å². The Morgan fingerprint density at radius 1 is 0.513 bits per heavy atom. The first kappa shape index (κ1) is 46.1. The number of benzene rings is 10. The molecule has 13 aromatic rings. The van der Waals surface area contributed by atoms with E-state index in [0.717, 1.165) is 156 Å². The molecule has 78 heavy (non-hydrogen) atoms. The molecule has 1 aliphatic rings. The Kier molecular flexibility index (Phi) is 11.1. The standard InChI is InChI=1S/C72H48N2O4/c1-3-15-48(52-28-34-69-60(41-52)56-22-11-13-25-68(56)77-69)44-66-62-43-50(51-27-33-67(76)59(40-51)47-18-8-5-9-19-47)26-31-64(62)74(66)54-21-14-20-49(39-54)53-29-35-70-61(42-53)57-30-32-65-71(72(57)78-70)58-23-10-12-24-63(58)73(65)55(36-37-75)38-45(2)46-16-6-4-7-17-46/h3-44H,2H2,1H3,(H-,75,76)/p+1/b15-3-,37-36-,48-44+,55-38+. The highest BCUT2D eigenvalue weighted by Gasteiger charge is 2.37. The first-order chi connectivity index (χ1) is 38.4. The summed E-state index contributed by atoms with van der Waals surface area (Å²) in [5.74, 6) is 0.246. The second kappa shape index (κ2) is 18.7. The summed E-state index contributed by atoms with van der Waals surface area (Å²) in [6.45, 7) is 6.45. The highest BCUT2D eigenvalue weighted by atomic mass is 16.3. The van der Waals surface area contributed by atoms with Gasteiger partial charge in [-0.25, -0.2) is 0 Å². The van der Waals surface area contributed by atoms with Crippen molar-refractivity contribution in [2.24, 2.45) is 0 Å². The molecule has 0 spiro atoms. The molecule has 0 saturated heterocycles. The van der Waals surface area contributed by atoms with E-state index in [0.29, 0.717) is 0 Å². The van der Waals surface area contributed by atoms with Gasteiger partial charge >= 0.3 is 0 Å². The molecule has 370 valence electrons. The Hall–Kier alpha value is -10.4. The van der Waals surface area contributed by atoms with Gasteiger partial charge in [0.15, 0.2) is 0 Å². The van der Waals surface area contributed by atoms with Gasteiger partial charge in [0.05, 0.1) is 22.7 Å². The predicted octanol–water partition coefficient (Wildman–Crippen LogP) is 19.2. The lowest BCUT2D eigenvalue weighted by molar-refractivity contribution is 0.474. The number of aromatic nitrogens is 1. The van der Waals surface area contributed by atoms with Crippen LogP contribution in [0.1, 0.15) is 23.6 Å². The van der Waals surface area contributed by atoms with E-state index in [9.17, 15) is 10.2 Å². The average Bonchev–Trinajstić information content (AvgIpc) is 4.34. The zero-order chi connectivity index (χ0) is 52.4. The molecule has 0 radical (unpaired) electrons. The van der Waals surface area contributed by atoms with E-state index in [1.807, 2.05) is 91.0 Å². The Labute approximate surface area is 449 Å². The monoisotopic (exact) mass is 1010 g/mol. The van der Waals surface area contributed by atoms with Crippen LogP contribution in [0, 0.1) is 0 Å². The number of hydrogen-bond donors (Lipinski definition) is 2. The molecule has 0 atom stereocenters. The number of phenolic OH excluding ortho intramolecular Hbond substituents is 1. The number of phenols is 1. The van der Waals surface area contributed by atoms with E-state index in [1.165, 1.54) is 0 Å². The maximum Gasteiger partial charge on any atom is 0.226 e. The van der Waals surface area contributed by atoms with Crippen molar-refractivity contribution in [2.45, 2.75) is 6.92 Å². The third kappa shape index (κ3) is 7.69. The molecular formula is C72H49N2O4+. The summed E-state index contributed by atoms with van der Waals surface area (Å²) < 4.78 is 17.6. The van der Waals surface area contributed by atoms with Crippen molar-refractivity contribution in [3.05, 3.63) is 278 Å². The lowest BCUT2D eigenvalue weighted by Crippen LogP contribution is -2.28. The van der Waals surface area contributed by atoms with E-state index in [-0.39, 0.29) is 5.75 Å². The van der Waals surface area contributed by atoms with Crippen molar-refractivity contribution in [3.63, 3.8) is 0 Å². The fourth-order valence-electron chi connectivity index (χ4n) is 11.5. The van der Waals surface area contributed by atoms with Crippen molar-refractivity contribution in [3.8, 4) is 39.1 Å². The number of para-hydroxylation sites is 2. The average molecular weight is 1010 g/mol. The van der Waals surface area contributed by atoms with Gasteiger partial charge in [-0.15, -0.1) is 0 Å². The van der Waals surface area contributed by atoms with Gasteiger partial charge in [0.1, 0.15) is 33.6 Å². The van der Waals surface area contributed by atoms with E-state index in [2.05, 4.69) is 168 Å². The zero-order valence-corrected chi connectivity index (χ0v) is 42.6. The van der Waals surface area contributed by atoms with Crippen molar-refractivity contribution >= 4 is 99.6 Å². The maximum absolute atomic E-state index is 11.0. The number of aliphatic hydroxyl groups is 1. The lowest BCUT2D eigenvalue weighted by atomic mass is 9.90. The largest absolute Gasteiger partial charge is 0.516 e. The molecule has 0 amide bonds. The predicted molar refractivity (Wildman–Crippen MR) is 325 cm³/mol. The van der Waals surface area contributed by atoms with Gasteiger partial charge in [0.2, 0.25) is 17.1 Å². The highest BCUT2D eigenvalue weighted by molar-refractivity contribution is 6.26. The lowest BCUT2D eigenvalue weighted by Gasteiger charge is -2.20. The summed E-state index contributed by atoms with van der Waals surface area (Å²) in [6.07, 6.45) is 11.4. The second-order valence-electron chi connectivity index (χ2n) is 19.8. The molecule has 6 nitrogen and oxygen atoms in total. The van der Waals surface area contributed by atoms with Crippen molar-refractivity contribution < 1.29 is 19.0 Å². The zero-order valence-electron chi connectivity index (χ0n) is 42.6. The van der Waals surface area contributed by atoms with Gasteiger partial charge < -0.3 is 23.6 Å². The fourth-order valence-corrected chi connectivity index (χ4v) is 11.5. The number of allylic oxidation sites excluding steroid dienone is 8. The van der Waals surface area contributed by atoms with Crippen molar-refractivity contribution in [2.75, 3.05) is 0 Å². The first-order valence-electron chi connectivity index (χ1n) is 26.1.